The third kappa shape index (κ3) is 12.1. The zero-order valence-corrected chi connectivity index (χ0v) is 12.1. The van der Waals surface area contributed by atoms with Gasteiger partial charge in [-0.15, -0.1) is 0 Å². The van der Waals surface area contributed by atoms with Gasteiger partial charge < -0.3 is 24.7 Å². The molecule has 6 heteroatoms. The summed E-state index contributed by atoms with van der Waals surface area (Å²) in [5, 5.41) is 0. The summed E-state index contributed by atoms with van der Waals surface area (Å²) in [7, 11) is 1.62. The molecule has 0 aromatic heterocycles. The first kappa shape index (κ1) is 18.3. The first-order chi connectivity index (χ1) is 9.22. The Bertz CT molecular complexity index is 213. The predicted molar refractivity (Wildman–Crippen MR) is 72.0 cm³/mol. The van der Waals surface area contributed by atoms with E-state index in [0.717, 1.165) is 12.8 Å². The number of methoxy groups -OCH3 is 1. The number of ether oxygens (including phenoxy) is 4. The molecular weight excluding hydrogens is 250 g/mol. The number of nitrogens with two attached hydrogens (primary N) is 1. The van der Waals surface area contributed by atoms with Crippen LogP contribution in [0.15, 0.2) is 0 Å². The lowest BCUT2D eigenvalue weighted by atomic mass is 10.1. The minimum Gasteiger partial charge on any atom is -0.462 e. The summed E-state index contributed by atoms with van der Waals surface area (Å²) in [6, 6.07) is -0.516. The summed E-state index contributed by atoms with van der Waals surface area (Å²) in [5.74, 6) is -0.353. The Morgan fingerprint density at radius 2 is 1.63 bits per heavy atom. The second-order valence-corrected chi connectivity index (χ2v) is 4.13. The van der Waals surface area contributed by atoms with E-state index in [4.69, 9.17) is 24.7 Å². The first-order valence-electron chi connectivity index (χ1n) is 6.79. The van der Waals surface area contributed by atoms with Crippen LogP contribution in [0.3, 0.4) is 0 Å². The van der Waals surface area contributed by atoms with Gasteiger partial charge in [0.15, 0.2) is 0 Å². The van der Waals surface area contributed by atoms with Gasteiger partial charge in [-0.2, -0.15) is 0 Å². The molecule has 0 saturated heterocycles. The summed E-state index contributed by atoms with van der Waals surface area (Å²) < 4.78 is 20.3. The SMILES string of the molecule is CCCC[C@H](N)C(=O)OCCOCCOCCOC. The van der Waals surface area contributed by atoms with Gasteiger partial charge in [-0.3, -0.25) is 4.79 Å². The molecule has 114 valence electrons. The van der Waals surface area contributed by atoms with Gasteiger partial charge >= 0.3 is 5.97 Å². The fourth-order valence-electron chi connectivity index (χ4n) is 1.31. The molecule has 0 aromatic carbocycles. The van der Waals surface area contributed by atoms with Crippen molar-refractivity contribution in [2.45, 2.75) is 32.2 Å². The Labute approximate surface area is 115 Å². The highest BCUT2D eigenvalue weighted by Crippen LogP contribution is 1.99. The number of hydrogen-bond acceptors (Lipinski definition) is 6. The summed E-state index contributed by atoms with van der Waals surface area (Å²) in [6.45, 7) is 4.77. The van der Waals surface area contributed by atoms with E-state index in [0.29, 0.717) is 39.5 Å². The third-order valence-electron chi connectivity index (χ3n) is 2.45. The fourth-order valence-corrected chi connectivity index (χ4v) is 1.31. The summed E-state index contributed by atoms with van der Waals surface area (Å²) in [6.07, 6.45) is 2.63. The number of rotatable bonds is 13. The molecule has 0 radical (unpaired) electrons. The van der Waals surface area contributed by atoms with E-state index in [1.54, 1.807) is 7.11 Å². The summed E-state index contributed by atoms with van der Waals surface area (Å²) in [4.78, 5) is 11.4. The summed E-state index contributed by atoms with van der Waals surface area (Å²) >= 11 is 0. The molecule has 0 aromatic rings. The zero-order valence-electron chi connectivity index (χ0n) is 12.1. The molecule has 0 aliphatic carbocycles. The van der Waals surface area contributed by atoms with E-state index >= 15 is 0 Å². The van der Waals surface area contributed by atoms with E-state index < -0.39 is 6.04 Å². The lowest BCUT2D eigenvalue weighted by molar-refractivity contribution is -0.147. The molecule has 0 amide bonds. The van der Waals surface area contributed by atoms with E-state index in [1.165, 1.54) is 0 Å². The molecule has 1 atom stereocenters. The molecular formula is C13H27NO5. The van der Waals surface area contributed by atoms with Gasteiger partial charge in [-0.05, 0) is 6.42 Å². The quantitative estimate of drug-likeness (QED) is 0.395. The highest BCUT2D eigenvalue weighted by atomic mass is 16.6. The number of esters is 1. The fraction of sp³-hybridized carbons (Fsp3) is 0.923. The molecule has 0 spiro atoms. The molecule has 0 aliphatic rings. The van der Waals surface area contributed by atoms with Crippen LogP contribution in [0.4, 0.5) is 0 Å². The van der Waals surface area contributed by atoms with Crippen molar-refractivity contribution >= 4 is 5.97 Å². The van der Waals surface area contributed by atoms with Crippen molar-refractivity contribution in [3.63, 3.8) is 0 Å². The van der Waals surface area contributed by atoms with Crippen molar-refractivity contribution in [2.24, 2.45) is 5.73 Å². The number of hydrogen-bond donors (Lipinski definition) is 1. The van der Waals surface area contributed by atoms with E-state index in [1.807, 2.05) is 0 Å². The standard InChI is InChI=1S/C13H27NO5/c1-3-4-5-12(14)13(15)19-11-10-18-9-8-17-7-6-16-2/h12H,3-11,14H2,1-2H3/t12-/m0/s1. The monoisotopic (exact) mass is 277 g/mol. The number of carbonyl (C=O) groups excluding carboxylic acids is 1. The van der Waals surface area contributed by atoms with Crippen LogP contribution in [-0.4, -0.2) is 58.8 Å². The van der Waals surface area contributed by atoms with Crippen molar-refractivity contribution in [3.05, 3.63) is 0 Å². The van der Waals surface area contributed by atoms with Gasteiger partial charge in [0.05, 0.1) is 33.0 Å². The van der Waals surface area contributed by atoms with Crippen LogP contribution in [-0.2, 0) is 23.7 Å². The van der Waals surface area contributed by atoms with Crippen LogP contribution in [0.25, 0.3) is 0 Å². The van der Waals surface area contributed by atoms with Crippen LogP contribution >= 0.6 is 0 Å². The van der Waals surface area contributed by atoms with E-state index in [2.05, 4.69) is 6.92 Å². The van der Waals surface area contributed by atoms with E-state index in [-0.39, 0.29) is 12.6 Å². The molecule has 0 heterocycles. The number of carbonyl (C=O) groups is 1. The molecule has 0 bridgehead atoms. The van der Waals surface area contributed by atoms with Gasteiger partial charge in [0.1, 0.15) is 12.6 Å². The maximum absolute atomic E-state index is 11.4. The predicted octanol–water partition coefficient (Wildman–Crippen LogP) is 0.727. The van der Waals surface area contributed by atoms with Crippen molar-refractivity contribution in [1.82, 2.24) is 0 Å². The Hall–Kier alpha value is -0.690. The average Bonchev–Trinajstić information content (AvgIpc) is 2.42. The normalized spacial score (nSPS) is 12.4. The van der Waals surface area contributed by atoms with Crippen LogP contribution in [0.1, 0.15) is 26.2 Å². The molecule has 19 heavy (non-hydrogen) atoms. The molecule has 0 rings (SSSR count). The Morgan fingerprint density at radius 3 is 2.21 bits per heavy atom. The summed E-state index contributed by atoms with van der Waals surface area (Å²) in [5.41, 5.74) is 5.67. The topological polar surface area (TPSA) is 80.0 Å². The Morgan fingerprint density at radius 1 is 1.05 bits per heavy atom. The highest BCUT2D eigenvalue weighted by molar-refractivity contribution is 5.75. The van der Waals surface area contributed by atoms with Gasteiger partial charge in [0.2, 0.25) is 0 Å². The van der Waals surface area contributed by atoms with Gasteiger partial charge in [-0.1, -0.05) is 19.8 Å². The molecule has 0 fully saturated rings. The third-order valence-corrected chi connectivity index (χ3v) is 2.45. The Balaban J connectivity index is 3.27. The highest BCUT2D eigenvalue weighted by Gasteiger charge is 2.13. The van der Waals surface area contributed by atoms with Crippen LogP contribution in [0.5, 0.6) is 0 Å². The van der Waals surface area contributed by atoms with Crippen molar-refractivity contribution < 1.29 is 23.7 Å². The lowest BCUT2D eigenvalue weighted by Crippen LogP contribution is -2.33. The minimum absolute atomic E-state index is 0.233. The van der Waals surface area contributed by atoms with Crippen LogP contribution in [0, 0.1) is 0 Å². The van der Waals surface area contributed by atoms with Crippen LogP contribution < -0.4 is 5.73 Å². The second kappa shape index (κ2) is 13.7. The second-order valence-electron chi connectivity index (χ2n) is 4.13. The van der Waals surface area contributed by atoms with Crippen molar-refractivity contribution in [2.75, 3.05) is 46.8 Å². The van der Waals surface area contributed by atoms with E-state index in [9.17, 15) is 4.79 Å². The smallest absolute Gasteiger partial charge is 0.322 e. The first-order valence-corrected chi connectivity index (χ1v) is 6.79. The molecule has 0 saturated carbocycles. The van der Waals surface area contributed by atoms with Gasteiger partial charge in [-0.25, -0.2) is 0 Å². The molecule has 0 aliphatic heterocycles. The number of unbranched alkanes of at least 4 members (excludes halogenated alkanes) is 1. The van der Waals surface area contributed by atoms with Gasteiger partial charge in [0.25, 0.3) is 0 Å². The van der Waals surface area contributed by atoms with Gasteiger partial charge in [0, 0.05) is 7.11 Å². The lowest BCUT2D eigenvalue weighted by Gasteiger charge is -2.11. The van der Waals surface area contributed by atoms with Crippen LogP contribution in [0.2, 0.25) is 0 Å². The Kier molecular flexibility index (Phi) is 13.2. The maximum atomic E-state index is 11.4. The zero-order chi connectivity index (χ0) is 14.3. The average molecular weight is 277 g/mol. The minimum atomic E-state index is -0.516. The molecule has 2 N–H and O–H groups in total. The van der Waals surface area contributed by atoms with Crippen molar-refractivity contribution in [1.29, 1.82) is 0 Å². The largest absolute Gasteiger partial charge is 0.462 e. The molecule has 0 unspecified atom stereocenters. The maximum Gasteiger partial charge on any atom is 0.322 e. The van der Waals surface area contributed by atoms with Crippen molar-refractivity contribution in [3.8, 4) is 0 Å². The molecule has 6 nitrogen and oxygen atoms in total.